The summed E-state index contributed by atoms with van der Waals surface area (Å²) in [4.78, 5) is 16.1. The summed E-state index contributed by atoms with van der Waals surface area (Å²) in [6.07, 6.45) is 3.02. The van der Waals surface area contributed by atoms with Crippen molar-refractivity contribution in [3.63, 3.8) is 0 Å². The van der Waals surface area contributed by atoms with E-state index in [1.165, 1.54) is 0 Å². The molecule has 1 aromatic rings. The quantitative estimate of drug-likeness (QED) is 0.539. The van der Waals surface area contributed by atoms with E-state index in [-0.39, 0.29) is 5.91 Å². The number of thioether (sulfide) groups is 1. The molecule has 0 aliphatic heterocycles. The van der Waals surface area contributed by atoms with Crippen LogP contribution in [0.25, 0.3) is 0 Å². The molecule has 0 fully saturated rings. The number of carbonyl (C=O) groups excluding carboxylic acids is 1. The molecule has 4 N–H and O–H groups in total. The third-order valence-electron chi connectivity index (χ3n) is 2.60. The molecule has 0 spiro atoms. The van der Waals surface area contributed by atoms with Crippen LogP contribution in [0, 0.1) is 6.92 Å². The summed E-state index contributed by atoms with van der Waals surface area (Å²) in [6.45, 7) is 4.64. The Kier molecular flexibility index (Phi) is 5.94. The summed E-state index contributed by atoms with van der Waals surface area (Å²) in [5.41, 5.74) is 3.79. The minimum Gasteiger partial charge on any atom is -0.352 e. The molecule has 0 aliphatic rings. The Hall–Kier alpha value is -1.27. The van der Waals surface area contributed by atoms with Gasteiger partial charge in [-0.2, -0.15) is 11.8 Å². The van der Waals surface area contributed by atoms with E-state index in [2.05, 4.69) is 28.9 Å². The molecule has 1 heterocycles. The molecule has 18 heavy (non-hydrogen) atoms. The molecule has 1 amide bonds. The zero-order valence-corrected chi connectivity index (χ0v) is 11.8. The van der Waals surface area contributed by atoms with Crippen LogP contribution in [0.2, 0.25) is 0 Å². The first-order chi connectivity index (χ1) is 8.56. The number of nitrogens with one attached hydrogen (secondary N) is 2. The van der Waals surface area contributed by atoms with Crippen LogP contribution in [-0.4, -0.2) is 28.9 Å². The smallest absolute Gasteiger partial charge is 0.251 e. The van der Waals surface area contributed by atoms with Crippen molar-refractivity contribution in [1.82, 2.24) is 10.3 Å². The molecule has 0 saturated heterocycles. The summed E-state index contributed by atoms with van der Waals surface area (Å²) >= 11 is 1.79. The van der Waals surface area contributed by atoms with Crippen molar-refractivity contribution < 1.29 is 4.79 Å². The second-order valence-corrected chi connectivity index (χ2v) is 5.39. The normalized spacial score (nSPS) is 12.0. The fraction of sp³-hybridized carbons (Fsp3) is 0.500. The lowest BCUT2D eigenvalue weighted by Gasteiger charge is -2.10. The molecule has 0 saturated carbocycles. The molecule has 1 unspecified atom stereocenters. The number of pyridine rings is 1. The Bertz CT molecular complexity index is 411. The van der Waals surface area contributed by atoms with Crippen molar-refractivity contribution in [3.05, 3.63) is 23.4 Å². The molecule has 1 rings (SSSR count). The van der Waals surface area contributed by atoms with Gasteiger partial charge in [-0.1, -0.05) is 6.92 Å². The second kappa shape index (κ2) is 7.23. The van der Waals surface area contributed by atoms with Gasteiger partial charge in [0.1, 0.15) is 5.82 Å². The van der Waals surface area contributed by atoms with Crippen molar-refractivity contribution in [2.45, 2.75) is 25.5 Å². The zero-order valence-electron chi connectivity index (χ0n) is 11.0. The number of rotatable bonds is 6. The van der Waals surface area contributed by atoms with Crippen LogP contribution in [0.4, 0.5) is 5.82 Å². The van der Waals surface area contributed by atoms with Gasteiger partial charge in [0.15, 0.2) is 0 Å². The van der Waals surface area contributed by atoms with Gasteiger partial charge in [0.25, 0.3) is 5.91 Å². The number of hydrogen-bond acceptors (Lipinski definition) is 5. The van der Waals surface area contributed by atoms with Crippen LogP contribution >= 0.6 is 11.8 Å². The van der Waals surface area contributed by atoms with Crippen molar-refractivity contribution in [2.24, 2.45) is 5.84 Å². The Labute approximate surface area is 112 Å². The van der Waals surface area contributed by atoms with Gasteiger partial charge >= 0.3 is 0 Å². The Morgan fingerprint density at radius 2 is 2.28 bits per heavy atom. The summed E-state index contributed by atoms with van der Waals surface area (Å²) < 4.78 is 0. The molecule has 0 bridgehead atoms. The largest absolute Gasteiger partial charge is 0.352 e. The highest BCUT2D eigenvalue weighted by molar-refractivity contribution is 7.99. The van der Waals surface area contributed by atoms with Crippen LogP contribution < -0.4 is 16.6 Å². The molecular weight excluding hydrogens is 248 g/mol. The van der Waals surface area contributed by atoms with Crippen molar-refractivity contribution in [2.75, 3.05) is 18.2 Å². The molecule has 5 nitrogen and oxygen atoms in total. The highest BCUT2D eigenvalue weighted by Crippen LogP contribution is 2.10. The fourth-order valence-corrected chi connectivity index (χ4v) is 1.84. The predicted molar refractivity (Wildman–Crippen MR) is 76.7 cm³/mol. The van der Waals surface area contributed by atoms with Gasteiger partial charge in [-0.25, -0.2) is 10.8 Å². The second-order valence-electron chi connectivity index (χ2n) is 4.12. The molecule has 1 atom stereocenters. The van der Waals surface area contributed by atoms with E-state index in [0.29, 0.717) is 23.2 Å². The van der Waals surface area contributed by atoms with E-state index in [0.717, 1.165) is 12.1 Å². The van der Waals surface area contributed by atoms with Gasteiger partial charge < -0.3 is 10.7 Å². The van der Waals surface area contributed by atoms with Crippen molar-refractivity contribution in [1.29, 1.82) is 0 Å². The number of aromatic nitrogens is 1. The first-order valence-corrected chi connectivity index (χ1v) is 7.12. The van der Waals surface area contributed by atoms with Gasteiger partial charge in [0.2, 0.25) is 0 Å². The third-order valence-corrected chi connectivity index (χ3v) is 3.64. The van der Waals surface area contributed by atoms with Crippen LogP contribution in [-0.2, 0) is 0 Å². The number of nitrogen functional groups attached to an aromatic ring is 1. The molecule has 0 radical (unpaired) electrons. The Balaban J connectivity index is 2.58. The minimum atomic E-state index is -0.0923. The number of hydrogen-bond donors (Lipinski definition) is 3. The highest BCUT2D eigenvalue weighted by atomic mass is 32.2. The highest BCUT2D eigenvalue weighted by Gasteiger charge is 2.08. The molecule has 0 aliphatic carbocycles. The van der Waals surface area contributed by atoms with Crippen LogP contribution in [0.5, 0.6) is 0 Å². The Morgan fingerprint density at radius 1 is 1.56 bits per heavy atom. The topological polar surface area (TPSA) is 80.0 Å². The van der Waals surface area contributed by atoms with Crippen LogP contribution in [0.3, 0.4) is 0 Å². The number of nitrogens with two attached hydrogens (primary N) is 1. The predicted octanol–water partition coefficient (Wildman–Crippen LogP) is 1.55. The van der Waals surface area contributed by atoms with E-state index in [4.69, 9.17) is 5.84 Å². The van der Waals surface area contributed by atoms with Crippen LogP contribution in [0.15, 0.2) is 12.1 Å². The molecule has 0 aromatic carbocycles. The summed E-state index contributed by atoms with van der Waals surface area (Å²) in [6, 6.07) is 3.38. The number of carbonyl (C=O) groups is 1. The maximum atomic E-state index is 11.9. The first-order valence-electron chi connectivity index (χ1n) is 5.83. The van der Waals surface area contributed by atoms with E-state index >= 15 is 0 Å². The maximum absolute atomic E-state index is 11.9. The monoisotopic (exact) mass is 268 g/mol. The standard InChI is InChI=1S/C12H20N4OS/c1-8-6-10(7-11(15-8)16-13)12(17)14-5-4-9(2)18-3/h6-7,9H,4-5,13H2,1-3H3,(H,14,17)(H,15,16). The van der Waals surface area contributed by atoms with Gasteiger partial charge in [0, 0.05) is 23.1 Å². The van der Waals surface area contributed by atoms with Gasteiger partial charge in [0.05, 0.1) is 0 Å². The lowest BCUT2D eigenvalue weighted by Crippen LogP contribution is -2.26. The number of nitrogens with zero attached hydrogens (tertiary/aromatic N) is 1. The van der Waals surface area contributed by atoms with E-state index in [1.54, 1.807) is 23.9 Å². The molecule has 6 heteroatoms. The zero-order chi connectivity index (χ0) is 13.5. The fourth-order valence-electron chi connectivity index (χ4n) is 1.48. The first kappa shape index (κ1) is 14.8. The average molecular weight is 268 g/mol. The Morgan fingerprint density at radius 3 is 2.89 bits per heavy atom. The van der Waals surface area contributed by atoms with E-state index in [1.807, 2.05) is 6.92 Å². The minimum absolute atomic E-state index is 0.0923. The third kappa shape index (κ3) is 4.54. The van der Waals surface area contributed by atoms with E-state index < -0.39 is 0 Å². The van der Waals surface area contributed by atoms with Gasteiger partial charge in [-0.05, 0) is 31.7 Å². The summed E-state index contributed by atoms with van der Waals surface area (Å²) in [5, 5.41) is 3.44. The number of aryl methyl sites for hydroxylation is 1. The van der Waals surface area contributed by atoms with E-state index in [9.17, 15) is 4.79 Å². The lowest BCUT2D eigenvalue weighted by molar-refractivity contribution is 0.0953. The van der Waals surface area contributed by atoms with Gasteiger partial charge in [-0.15, -0.1) is 0 Å². The maximum Gasteiger partial charge on any atom is 0.251 e. The number of amides is 1. The van der Waals surface area contributed by atoms with Gasteiger partial charge in [-0.3, -0.25) is 4.79 Å². The molecule has 100 valence electrons. The van der Waals surface area contributed by atoms with Crippen molar-refractivity contribution in [3.8, 4) is 0 Å². The number of hydrazine groups is 1. The summed E-state index contributed by atoms with van der Waals surface area (Å²) in [5.74, 6) is 5.70. The lowest BCUT2D eigenvalue weighted by atomic mass is 10.2. The summed E-state index contributed by atoms with van der Waals surface area (Å²) in [7, 11) is 0. The van der Waals surface area contributed by atoms with Crippen LogP contribution in [0.1, 0.15) is 29.4 Å². The molecule has 1 aromatic heterocycles. The molecular formula is C12H20N4OS. The SMILES string of the molecule is CSC(C)CCNC(=O)c1cc(C)nc(NN)c1. The number of anilines is 1. The van der Waals surface area contributed by atoms with Crippen molar-refractivity contribution >= 4 is 23.5 Å². The average Bonchev–Trinajstić information content (AvgIpc) is 2.37.